The maximum absolute atomic E-state index is 14.2. The molecular weight excluding hydrogens is 403 g/mol. The van der Waals surface area contributed by atoms with Crippen LogP contribution in [-0.2, 0) is 37.5 Å². The van der Waals surface area contributed by atoms with Crippen LogP contribution in [0.4, 0.5) is 17.6 Å². The summed E-state index contributed by atoms with van der Waals surface area (Å²) in [6, 6.07) is 1.85. The molecule has 1 aliphatic rings. The number of carbonyl (C=O) groups excluding carboxylic acids is 1. The van der Waals surface area contributed by atoms with E-state index >= 15 is 0 Å². The number of alkyl halides is 2. The van der Waals surface area contributed by atoms with Gasteiger partial charge in [-0.15, -0.1) is 12.1 Å². The number of benzene rings is 1. The SMILES string of the molecule is C=CCOc1cc(F)c(C2=[C-]CCC(=O)N2CC(F)F)c(F)c1.[Y]. The number of nitrogens with zero attached hydrogens (tertiary/aromatic N) is 1. The first-order chi connectivity index (χ1) is 10.9. The Hall–Kier alpha value is -1.21. The van der Waals surface area contributed by atoms with Gasteiger partial charge in [-0.3, -0.25) is 4.79 Å². The topological polar surface area (TPSA) is 29.5 Å². The molecule has 0 N–H and O–H groups in total. The summed E-state index contributed by atoms with van der Waals surface area (Å²) in [5.41, 5.74) is -0.864. The zero-order valence-electron chi connectivity index (χ0n) is 12.7. The van der Waals surface area contributed by atoms with Gasteiger partial charge in [-0.05, 0) is 12.1 Å². The first-order valence-electron chi connectivity index (χ1n) is 6.86. The quantitative estimate of drug-likeness (QED) is 0.403. The summed E-state index contributed by atoms with van der Waals surface area (Å²) in [7, 11) is 0. The molecule has 0 bridgehead atoms. The van der Waals surface area contributed by atoms with Crippen molar-refractivity contribution in [3.8, 4) is 5.75 Å². The molecule has 127 valence electrons. The third-order valence-corrected chi connectivity index (χ3v) is 3.14. The van der Waals surface area contributed by atoms with Gasteiger partial charge in [-0.1, -0.05) is 18.2 Å². The molecule has 0 fully saturated rings. The first-order valence-corrected chi connectivity index (χ1v) is 6.86. The number of allylic oxidation sites excluding steroid dienone is 1. The van der Waals surface area contributed by atoms with Crippen molar-refractivity contribution in [2.24, 2.45) is 0 Å². The van der Waals surface area contributed by atoms with Gasteiger partial charge in [-0.25, -0.2) is 23.6 Å². The maximum atomic E-state index is 14.2. The van der Waals surface area contributed by atoms with Crippen molar-refractivity contribution in [2.75, 3.05) is 13.2 Å². The van der Waals surface area contributed by atoms with E-state index in [1.807, 2.05) is 0 Å². The summed E-state index contributed by atoms with van der Waals surface area (Å²) in [5.74, 6) is -2.71. The minimum absolute atomic E-state index is 0. The predicted molar refractivity (Wildman–Crippen MR) is 75.7 cm³/mol. The van der Waals surface area contributed by atoms with Crippen LogP contribution in [0.1, 0.15) is 18.4 Å². The van der Waals surface area contributed by atoms with Crippen molar-refractivity contribution in [3.63, 3.8) is 0 Å². The molecule has 8 heteroatoms. The minimum atomic E-state index is -2.82. The summed E-state index contributed by atoms with van der Waals surface area (Å²) in [4.78, 5) is 12.5. The largest absolute Gasteiger partial charge is 0.489 e. The van der Waals surface area contributed by atoms with E-state index in [1.54, 1.807) is 0 Å². The molecule has 0 aliphatic carbocycles. The molecule has 0 spiro atoms. The molecule has 1 aliphatic heterocycles. The molecule has 1 radical (unpaired) electrons. The summed E-state index contributed by atoms with van der Waals surface area (Å²) < 4.78 is 58.8. The van der Waals surface area contributed by atoms with E-state index in [4.69, 9.17) is 4.74 Å². The van der Waals surface area contributed by atoms with Gasteiger partial charge in [0, 0.05) is 39.1 Å². The Morgan fingerprint density at radius 3 is 2.50 bits per heavy atom. The van der Waals surface area contributed by atoms with E-state index in [0.717, 1.165) is 12.1 Å². The molecule has 1 aromatic carbocycles. The fraction of sp³-hybridized carbons (Fsp3) is 0.312. The number of hydrogen-bond donors (Lipinski definition) is 0. The molecule has 24 heavy (non-hydrogen) atoms. The molecule has 0 saturated heterocycles. The van der Waals surface area contributed by atoms with Crippen LogP contribution in [0.2, 0.25) is 0 Å². The third kappa shape index (κ3) is 4.90. The van der Waals surface area contributed by atoms with E-state index in [-0.39, 0.29) is 63.6 Å². The number of ether oxygens (including phenoxy) is 1. The molecule has 0 atom stereocenters. The summed E-state index contributed by atoms with van der Waals surface area (Å²) in [6.45, 7) is 2.54. The average molecular weight is 417 g/mol. The van der Waals surface area contributed by atoms with Gasteiger partial charge in [0.1, 0.15) is 12.4 Å². The number of hydrogen-bond acceptors (Lipinski definition) is 2. The summed E-state index contributed by atoms with van der Waals surface area (Å²) in [6.07, 6.45) is 1.28. The van der Waals surface area contributed by atoms with Crippen LogP contribution in [0.3, 0.4) is 0 Å². The fourth-order valence-electron chi connectivity index (χ4n) is 2.21. The van der Waals surface area contributed by atoms with Crippen molar-refractivity contribution in [3.05, 3.63) is 48.1 Å². The second-order valence-electron chi connectivity index (χ2n) is 4.78. The maximum Gasteiger partial charge on any atom is 0.256 e. The Morgan fingerprint density at radius 1 is 1.33 bits per heavy atom. The van der Waals surface area contributed by atoms with E-state index in [2.05, 4.69) is 12.7 Å². The van der Waals surface area contributed by atoms with Crippen LogP contribution in [0.25, 0.3) is 5.70 Å². The van der Waals surface area contributed by atoms with E-state index in [1.165, 1.54) is 6.08 Å². The van der Waals surface area contributed by atoms with Crippen molar-refractivity contribution >= 4 is 11.6 Å². The second-order valence-corrected chi connectivity index (χ2v) is 4.78. The molecule has 1 heterocycles. The van der Waals surface area contributed by atoms with Gasteiger partial charge in [0.15, 0.2) is 0 Å². The van der Waals surface area contributed by atoms with Gasteiger partial charge in [0.25, 0.3) is 6.43 Å². The molecule has 3 nitrogen and oxygen atoms in total. The van der Waals surface area contributed by atoms with Crippen LogP contribution in [0.15, 0.2) is 24.8 Å². The van der Waals surface area contributed by atoms with E-state index in [0.29, 0.717) is 4.90 Å². The normalized spacial score (nSPS) is 14.3. The van der Waals surface area contributed by atoms with Crippen LogP contribution in [0, 0.1) is 17.7 Å². The molecule has 2 rings (SSSR count). The van der Waals surface area contributed by atoms with Crippen LogP contribution in [-0.4, -0.2) is 30.4 Å². The van der Waals surface area contributed by atoms with Crippen molar-refractivity contribution < 1.29 is 59.8 Å². The molecular formula is C16H14F4NO2Y-. The minimum Gasteiger partial charge on any atom is -0.489 e. The van der Waals surface area contributed by atoms with Crippen LogP contribution >= 0.6 is 0 Å². The Labute approximate surface area is 162 Å². The standard InChI is InChI=1S/C16H14F4NO2.Y/c1-2-6-23-10-7-11(17)16(12(18)8-10)13-4-3-5-15(22)21(13)9-14(19)20;/h2,7-8,14H,1,3,5-6,9H2;/q-1;. The Bertz CT molecular complexity index is 626. The molecule has 0 saturated carbocycles. The number of halogens is 4. The van der Waals surface area contributed by atoms with Crippen LogP contribution < -0.4 is 4.74 Å². The fourth-order valence-corrected chi connectivity index (χ4v) is 2.21. The number of rotatable bonds is 6. The summed E-state index contributed by atoms with van der Waals surface area (Å²) in [5, 5.41) is 0. The van der Waals surface area contributed by atoms with Crippen molar-refractivity contribution in [1.29, 1.82) is 0 Å². The smallest absolute Gasteiger partial charge is 0.256 e. The molecule has 0 aromatic heterocycles. The zero-order valence-corrected chi connectivity index (χ0v) is 15.5. The third-order valence-electron chi connectivity index (χ3n) is 3.14. The van der Waals surface area contributed by atoms with Gasteiger partial charge < -0.3 is 9.64 Å². The van der Waals surface area contributed by atoms with Crippen molar-refractivity contribution in [2.45, 2.75) is 19.3 Å². The van der Waals surface area contributed by atoms with Crippen molar-refractivity contribution in [1.82, 2.24) is 4.90 Å². The predicted octanol–water partition coefficient (Wildman–Crippen LogP) is 3.56. The molecule has 0 unspecified atom stereocenters. The van der Waals surface area contributed by atoms with Gasteiger partial charge in [0.2, 0.25) is 5.91 Å². The first kappa shape index (κ1) is 20.8. The Kier molecular flexibility index (Phi) is 8.09. The van der Waals surface area contributed by atoms with Gasteiger partial charge in [-0.2, -0.15) is 0 Å². The monoisotopic (exact) mass is 417 g/mol. The number of amides is 1. The molecule has 1 amide bonds. The number of carbonyl (C=O) groups is 1. The molecule has 1 aromatic rings. The van der Waals surface area contributed by atoms with Gasteiger partial charge in [0.05, 0.1) is 18.2 Å². The van der Waals surface area contributed by atoms with Gasteiger partial charge >= 0.3 is 0 Å². The van der Waals surface area contributed by atoms with E-state index in [9.17, 15) is 22.4 Å². The zero-order chi connectivity index (χ0) is 17.0. The van der Waals surface area contributed by atoms with E-state index < -0.39 is 36.1 Å². The second kappa shape index (κ2) is 9.32. The average Bonchev–Trinajstić information content (AvgIpc) is 2.47. The van der Waals surface area contributed by atoms with Crippen LogP contribution in [0.5, 0.6) is 5.75 Å². The Morgan fingerprint density at radius 2 is 1.96 bits per heavy atom. The Balaban J connectivity index is 0.00000288. The summed E-state index contributed by atoms with van der Waals surface area (Å²) >= 11 is 0.